The number of hydrogen-bond acceptors (Lipinski definition) is 3. The SMILES string of the molecule is O=C1/C(=c2\oc3cccc4cccc(c2=O)c43)Cc2cccc3cccc1c23. The van der Waals surface area contributed by atoms with Crippen molar-refractivity contribution in [1.29, 1.82) is 0 Å². The molecule has 1 aliphatic carbocycles. The van der Waals surface area contributed by atoms with E-state index < -0.39 is 0 Å². The molecular weight excluding hydrogens is 348 g/mol. The summed E-state index contributed by atoms with van der Waals surface area (Å²) in [5.74, 6) is -0.126. The van der Waals surface area contributed by atoms with E-state index in [2.05, 4.69) is 0 Å². The van der Waals surface area contributed by atoms with E-state index >= 15 is 0 Å². The van der Waals surface area contributed by atoms with E-state index in [4.69, 9.17) is 4.42 Å². The Morgan fingerprint density at radius 2 is 1.39 bits per heavy atom. The average Bonchev–Trinajstić information content (AvgIpc) is 2.73. The van der Waals surface area contributed by atoms with E-state index in [1.165, 1.54) is 0 Å². The maximum Gasteiger partial charge on any atom is 0.229 e. The molecule has 4 aromatic carbocycles. The molecule has 0 N–H and O–H groups in total. The highest BCUT2D eigenvalue weighted by atomic mass is 16.3. The molecule has 0 unspecified atom stereocenters. The monoisotopic (exact) mass is 362 g/mol. The third kappa shape index (κ3) is 1.93. The molecule has 5 aromatic rings. The molecule has 0 atom stereocenters. The third-order valence-corrected chi connectivity index (χ3v) is 5.68. The van der Waals surface area contributed by atoms with E-state index in [1.54, 1.807) is 6.07 Å². The van der Waals surface area contributed by atoms with Gasteiger partial charge in [-0.25, -0.2) is 0 Å². The van der Waals surface area contributed by atoms with Gasteiger partial charge in [-0.15, -0.1) is 0 Å². The molecule has 0 bridgehead atoms. The number of ketones is 1. The van der Waals surface area contributed by atoms with E-state index in [-0.39, 0.29) is 16.6 Å². The molecule has 0 radical (unpaired) electrons. The molecule has 0 spiro atoms. The maximum absolute atomic E-state index is 13.3. The molecule has 0 saturated carbocycles. The lowest BCUT2D eigenvalue weighted by Crippen LogP contribution is -2.31. The van der Waals surface area contributed by atoms with Crippen LogP contribution in [0.4, 0.5) is 0 Å². The van der Waals surface area contributed by atoms with Gasteiger partial charge in [0, 0.05) is 22.8 Å². The van der Waals surface area contributed by atoms with Crippen molar-refractivity contribution in [3.63, 3.8) is 0 Å². The van der Waals surface area contributed by atoms with Gasteiger partial charge in [0.1, 0.15) is 5.58 Å². The summed E-state index contributed by atoms with van der Waals surface area (Å²) in [7, 11) is 0. The van der Waals surface area contributed by atoms with Crippen molar-refractivity contribution in [3.8, 4) is 0 Å². The number of Topliss-reactive ketones (excluding diaryl/α,β-unsaturated/α-hetero) is 1. The smallest absolute Gasteiger partial charge is 0.229 e. The fourth-order valence-corrected chi connectivity index (χ4v) is 4.43. The van der Waals surface area contributed by atoms with Crippen molar-refractivity contribution >= 4 is 43.9 Å². The van der Waals surface area contributed by atoms with Gasteiger partial charge >= 0.3 is 0 Å². The van der Waals surface area contributed by atoms with Crippen molar-refractivity contribution in [1.82, 2.24) is 0 Å². The quantitative estimate of drug-likeness (QED) is 0.410. The summed E-state index contributed by atoms with van der Waals surface area (Å²) >= 11 is 0. The van der Waals surface area contributed by atoms with Gasteiger partial charge in [-0.2, -0.15) is 0 Å². The lowest BCUT2D eigenvalue weighted by molar-refractivity contribution is 0.105. The van der Waals surface area contributed by atoms with Crippen LogP contribution < -0.4 is 10.8 Å². The molecular formula is C25H14O3. The first kappa shape index (κ1) is 15.3. The van der Waals surface area contributed by atoms with Gasteiger partial charge in [0.2, 0.25) is 5.43 Å². The highest BCUT2D eigenvalue weighted by Gasteiger charge is 2.26. The molecule has 0 fully saturated rings. The largest absolute Gasteiger partial charge is 0.452 e. The van der Waals surface area contributed by atoms with Gasteiger partial charge in [0.15, 0.2) is 11.2 Å². The van der Waals surface area contributed by atoms with Crippen molar-refractivity contribution in [2.24, 2.45) is 0 Å². The fraction of sp³-hybridized carbons (Fsp3) is 0.0400. The number of carbonyl (C=O) groups excluding carboxylic acids is 1. The average molecular weight is 362 g/mol. The molecule has 1 aliphatic rings. The van der Waals surface area contributed by atoms with Crippen LogP contribution in [0.1, 0.15) is 15.9 Å². The number of carbonyl (C=O) groups is 1. The Bertz CT molecular complexity index is 1560. The summed E-state index contributed by atoms with van der Waals surface area (Å²) in [6, 6.07) is 23.1. The summed E-state index contributed by atoms with van der Waals surface area (Å²) in [5.41, 5.74) is 2.67. The standard InChI is InChI=1S/C25H14O3/c26-23-17-10-2-6-14-5-1-9-16(21(14)17)13-19(23)25-24(27)18-11-3-7-15-8-4-12-20(28-25)22(15)18/h1-12H,13H2/b25-19-. The van der Waals surface area contributed by atoms with Gasteiger partial charge in [0.25, 0.3) is 0 Å². The fourth-order valence-electron chi connectivity index (χ4n) is 4.43. The van der Waals surface area contributed by atoms with Crippen LogP contribution >= 0.6 is 0 Å². The van der Waals surface area contributed by atoms with E-state index in [0.29, 0.717) is 28.5 Å². The van der Waals surface area contributed by atoms with Crippen LogP contribution in [0.15, 0.2) is 82.0 Å². The topological polar surface area (TPSA) is 47.3 Å². The first-order valence-corrected chi connectivity index (χ1v) is 9.25. The first-order valence-electron chi connectivity index (χ1n) is 9.25. The molecule has 6 rings (SSSR count). The number of rotatable bonds is 0. The minimum atomic E-state index is -0.223. The van der Waals surface area contributed by atoms with E-state index in [0.717, 1.165) is 27.1 Å². The lowest BCUT2D eigenvalue weighted by atomic mass is 9.84. The molecule has 28 heavy (non-hydrogen) atoms. The van der Waals surface area contributed by atoms with Crippen LogP contribution in [0.2, 0.25) is 0 Å². The predicted molar refractivity (Wildman–Crippen MR) is 111 cm³/mol. The van der Waals surface area contributed by atoms with Crippen LogP contribution in [0.3, 0.4) is 0 Å². The second kappa shape index (κ2) is 5.40. The Kier molecular flexibility index (Phi) is 2.96. The van der Waals surface area contributed by atoms with Crippen LogP contribution in [-0.4, -0.2) is 5.78 Å². The van der Waals surface area contributed by atoms with Gasteiger partial charge < -0.3 is 4.42 Å². The molecule has 3 heteroatoms. The summed E-state index contributed by atoms with van der Waals surface area (Å²) < 4.78 is 6.05. The van der Waals surface area contributed by atoms with E-state index in [9.17, 15) is 9.59 Å². The third-order valence-electron chi connectivity index (χ3n) is 5.68. The van der Waals surface area contributed by atoms with Crippen molar-refractivity contribution < 1.29 is 9.21 Å². The highest BCUT2D eigenvalue weighted by molar-refractivity contribution is 6.31. The molecule has 0 amide bonds. The van der Waals surface area contributed by atoms with Crippen molar-refractivity contribution in [2.45, 2.75) is 6.42 Å². The van der Waals surface area contributed by atoms with Gasteiger partial charge in [-0.1, -0.05) is 66.7 Å². The summed E-state index contributed by atoms with van der Waals surface area (Å²) in [4.78, 5) is 26.6. The number of hydrogen-bond donors (Lipinski definition) is 0. The minimum absolute atomic E-state index is 0.126. The van der Waals surface area contributed by atoms with E-state index in [1.807, 2.05) is 66.7 Å². The minimum Gasteiger partial charge on any atom is -0.452 e. The Balaban J connectivity index is 1.77. The Morgan fingerprint density at radius 3 is 2.21 bits per heavy atom. The zero-order valence-corrected chi connectivity index (χ0v) is 14.9. The second-order valence-electron chi connectivity index (χ2n) is 7.23. The summed E-state index contributed by atoms with van der Waals surface area (Å²) in [6.45, 7) is 0. The van der Waals surface area contributed by atoms with Gasteiger partial charge in [-0.3, -0.25) is 9.59 Å². The molecule has 132 valence electrons. The Labute approximate surface area is 159 Å². The lowest BCUT2D eigenvalue weighted by Gasteiger charge is -2.18. The zero-order valence-electron chi connectivity index (χ0n) is 14.9. The van der Waals surface area contributed by atoms with Crippen LogP contribution in [0.5, 0.6) is 0 Å². The zero-order chi connectivity index (χ0) is 18.8. The molecule has 0 saturated heterocycles. The normalized spacial score (nSPS) is 15.6. The van der Waals surface area contributed by atoms with Crippen LogP contribution in [0, 0.1) is 0 Å². The van der Waals surface area contributed by atoms with Crippen molar-refractivity contribution in [3.05, 3.63) is 99.6 Å². The second-order valence-corrected chi connectivity index (χ2v) is 7.23. The Morgan fingerprint density at radius 1 is 0.714 bits per heavy atom. The first-order chi connectivity index (χ1) is 13.7. The maximum atomic E-state index is 13.3. The molecule has 1 aromatic heterocycles. The van der Waals surface area contributed by atoms with Crippen molar-refractivity contribution in [2.75, 3.05) is 0 Å². The van der Waals surface area contributed by atoms with Crippen LogP contribution in [0.25, 0.3) is 38.1 Å². The van der Waals surface area contributed by atoms with Gasteiger partial charge in [0.05, 0.1) is 5.57 Å². The molecule has 3 nitrogen and oxygen atoms in total. The molecule has 0 aliphatic heterocycles. The van der Waals surface area contributed by atoms with Gasteiger partial charge in [-0.05, 0) is 27.8 Å². The van der Waals surface area contributed by atoms with Crippen LogP contribution in [-0.2, 0) is 6.42 Å². The Hall–Kier alpha value is -3.72. The molecule has 1 heterocycles. The predicted octanol–water partition coefficient (Wildman–Crippen LogP) is 4.41. The highest BCUT2D eigenvalue weighted by Crippen LogP contribution is 2.32. The summed E-state index contributed by atoms with van der Waals surface area (Å²) in [6.07, 6.45) is 0.395. The summed E-state index contributed by atoms with van der Waals surface area (Å²) in [5, 5.41) is 4.37. The number of benzene rings is 4.